The third kappa shape index (κ3) is 4.96. The van der Waals surface area contributed by atoms with E-state index in [9.17, 15) is 4.79 Å². The highest BCUT2D eigenvalue weighted by atomic mass is 16.2. The summed E-state index contributed by atoms with van der Waals surface area (Å²) in [7, 11) is 0. The summed E-state index contributed by atoms with van der Waals surface area (Å²) < 4.78 is 2.17. The molecule has 2 rings (SSSR count). The van der Waals surface area contributed by atoms with Gasteiger partial charge in [-0.15, -0.1) is 0 Å². The summed E-state index contributed by atoms with van der Waals surface area (Å²) in [4.78, 5) is 19.1. The Morgan fingerprint density at radius 1 is 1.12 bits per heavy atom. The van der Waals surface area contributed by atoms with Gasteiger partial charge in [-0.05, 0) is 57.2 Å². The summed E-state index contributed by atoms with van der Waals surface area (Å²) in [5.41, 5.74) is 5.23. The first kappa shape index (κ1) is 20.2. The minimum absolute atomic E-state index is 0.161. The van der Waals surface area contributed by atoms with Crippen LogP contribution in [0, 0.1) is 26.7 Å². The zero-order chi connectivity index (χ0) is 19.4. The molecule has 0 spiro atoms. The van der Waals surface area contributed by atoms with Gasteiger partial charge in [0.1, 0.15) is 5.82 Å². The molecule has 2 aromatic rings. The smallest absolute Gasteiger partial charge is 0.223 e. The Bertz CT molecular complexity index is 735. The van der Waals surface area contributed by atoms with Crippen LogP contribution in [0.5, 0.6) is 0 Å². The second-order valence-electron chi connectivity index (χ2n) is 8.06. The second-order valence-corrected chi connectivity index (χ2v) is 8.06. The van der Waals surface area contributed by atoms with Gasteiger partial charge in [0.15, 0.2) is 0 Å². The average molecular weight is 356 g/mol. The van der Waals surface area contributed by atoms with Crippen LogP contribution in [0.4, 0.5) is 0 Å². The molecule has 0 aliphatic carbocycles. The number of aromatic nitrogens is 2. The van der Waals surface area contributed by atoms with E-state index >= 15 is 0 Å². The Morgan fingerprint density at radius 3 is 2.27 bits per heavy atom. The van der Waals surface area contributed by atoms with Crippen molar-refractivity contribution in [1.29, 1.82) is 0 Å². The Labute approximate surface area is 158 Å². The molecule has 1 heterocycles. The van der Waals surface area contributed by atoms with Crippen molar-refractivity contribution in [1.82, 2.24) is 14.5 Å². The third-order valence-electron chi connectivity index (χ3n) is 4.81. The molecular weight excluding hydrogens is 322 g/mol. The fraction of sp³-hybridized carbons (Fsp3) is 0.545. The summed E-state index contributed by atoms with van der Waals surface area (Å²) in [6.07, 6.45) is 4.42. The van der Waals surface area contributed by atoms with Crippen LogP contribution in [0.1, 0.15) is 62.2 Å². The van der Waals surface area contributed by atoms with E-state index in [4.69, 9.17) is 0 Å². The van der Waals surface area contributed by atoms with Gasteiger partial charge in [-0.25, -0.2) is 4.98 Å². The van der Waals surface area contributed by atoms with Gasteiger partial charge in [-0.2, -0.15) is 0 Å². The quantitative estimate of drug-likeness (QED) is 0.726. The van der Waals surface area contributed by atoms with Crippen LogP contribution in [0.25, 0.3) is 0 Å². The topological polar surface area (TPSA) is 38.1 Å². The van der Waals surface area contributed by atoms with E-state index in [0.29, 0.717) is 18.9 Å². The first-order chi connectivity index (χ1) is 12.2. The van der Waals surface area contributed by atoms with Gasteiger partial charge in [0.05, 0.1) is 6.54 Å². The number of hydrogen-bond donors (Lipinski definition) is 0. The predicted octanol–water partition coefficient (Wildman–Crippen LogP) is 4.64. The fourth-order valence-corrected chi connectivity index (χ4v) is 3.44. The van der Waals surface area contributed by atoms with Crippen LogP contribution in [-0.4, -0.2) is 26.4 Å². The van der Waals surface area contributed by atoms with Gasteiger partial charge >= 0.3 is 0 Å². The van der Waals surface area contributed by atoms with Gasteiger partial charge in [-0.1, -0.05) is 31.5 Å². The van der Waals surface area contributed by atoms with E-state index in [2.05, 4.69) is 70.1 Å². The molecule has 0 aliphatic heterocycles. The highest BCUT2D eigenvalue weighted by Crippen LogP contribution is 2.19. The number of benzene rings is 1. The molecule has 1 amide bonds. The number of carbonyl (C=O) groups excluding carboxylic acids is 1. The lowest BCUT2D eigenvalue weighted by Crippen LogP contribution is -2.37. The molecule has 0 saturated carbocycles. The maximum absolute atomic E-state index is 12.6. The highest BCUT2D eigenvalue weighted by Gasteiger charge is 2.20. The van der Waals surface area contributed by atoms with Crippen molar-refractivity contribution in [2.75, 3.05) is 0 Å². The molecular formula is C22H33N3O. The lowest BCUT2D eigenvalue weighted by atomic mass is 10.00. The highest BCUT2D eigenvalue weighted by molar-refractivity contribution is 5.76. The molecule has 0 aliphatic rings. The van der Waals surface area contributed by atoms with Gasteiger partial charge in [0.25, 0.3) is 0 Å². The van der Waals surface area contributed by atoms with Gasteiger partial charge in [0, 0.05) is 31.4 Å². The van der Waals surface area contributed by atoms with Crippen molar-refractivity contribution in [3.05, 3.63) is 52.6 Å². The summed E-state index contributed by atoms with van der Waals surface area (Å²) in [5, 5.41) is 0. The van der Waals surface area contributed by atoms with Crippen LogP contribution in [0.3, 0.4) is 0 Å². The van der Waals surface area contributed by atoms with Crippen LogP contribution in [-0.2, 0) is 17.9 Å². The lowest BCUT2D eigenvalue weighted by molar-refractivity contribution is -0.134. The van der Waals surface area contributed by atoms with E-state index in [1.54, 1.807) is 0 Å². The van der Waals surface area contributed by atoms with Crippen LogP contribution < -0.4 is 0 Å². The zero-order valence-corrected chi connectivity index (χ0v) is 17.3. The number of carbonyl (C=O) groups is 1. The van der Waals surface area contributed by atoms with Crippen molar-refractivity contribution in [2.45, 2.75) is 74.0 Å². The molecule has 26 heavy (non-hydrogen) atoms. The largest absolute Gasteiger partial charge is 0.333 e. The molecule has 1 aromatic carbocycles. The van der Waals surface area contributed by atoms with Crippen molar-refractivity contribution < 1.29 is 4.79 Å². The fourth-order valence-electron chi connectivity index (χ4n) is 3.44. The van der Waals surface area contributed by atoms with Gasteiger partial charge in [-0.3, -0.25) is 4.79 Å². The molecule has 4 nitrogen and oxygen atoms in total. The molecule has 0 fully saturated rings. The van der Waals surface area contributed by atoms with E-state index in [0.717, 1.165) is 12.4 Å². The number of nitrogens with zero attached hydrogens (tertiary/aromatic N) is 3. The molecule has 142 valence electrons. The number of aryl methyl sites for hydroxylation is 3. The molecule has 1 aromatic heterocycles. The Morgan fingerprint density at radius 2 is 1.73 bits per heavy atom. The standard InChI is InChI=1S/C22H33N3O/c1-15(2)10-22(26)25(16(3)4)14-21-23-8-9-24(21)13-20-18(6)11-17(5)12-19(20)7/h8-9,11-12,15-16H,10,13-14H2,1-7H3. The van der Waals surface area contributed by atoms with Crippen molar-refractivity contribution >= 4 is 5.91 Å². The molecule has 0 saturated heterocycles. The Balaban J connectivity index is 2.23. The van der Waals surface area contributed by atoms with Gasteiger partial charge < -0.3 is 9.47 Å². The van der Waals surface area contributed by atoms with E-state index in [-0.39, 0.29) is 11.9 Å². The molecule has 0 radical (unpaired) electrons. The predicted molar refractivity (Wildman–Crippen MR) is 107 cm³/mol. The number of amides is 1. The van der Waals surface area contributed by atoms with Crippen LogP contribution >= 0.6 is 0 Å². The molecule has 0 unspecified atom stereocenters. The van der Waals surface area contributed by atoms with Gasteiger partial charge in [0.2, 0.25) is 5.91 Å². The second kappa shape index (κ2) is 8.52. The van der Waals surface area contributed by atoms with E-state index in [1.165, 1.54) is 22.3 Å². The van der Waals surface area contributed by atoms with Crippen LogP contribution in [0.15, 0.2) is 24.5 Å². The van der Waals surface area contributed by atoms with E-state index < -0.39 is 0 Å². The van der Waals surface area contributed by atoms with Crippen molar-refractivity contribution in [2.24, 2.45) is 5.92 Å². The van der Waals surface area contributed by atoms with E-state index in [1.807, 2.05) is 17.3 Å². The molecule has 0 atom stereocenters. The first-order valence-electron chi connectivity index (χ1n) is 9.55. The Hall–Kier alpha value is -2.10. The van der Waals surface area contributed by atoms with Crippen molar-refractivity contribution in [3.8, 4) is 0 Å². The normalized spacial score (nSPS) is 11.4. The maximum atomic E-state index is 12.6. The first-order valence-corrected chi connectivity index (χ1v) is 9.55. The van der Waals surface area contributed by atoms with Crippen LogP contribution in [0.2, 0.25) is 0 Å². The molecule has 0 bridgehead atoms. The number of imidazole rings is 1. The minimum Gasteiger partial charge on any atom is -0.333 e. The lowest BCUT2D eigenvalue weighted by Gasteiger charge is -2.27. The average Bonchev–Trinajstić information content (AvgIpc) is 2.94. The summed E-state index contributed by atoms with van der Waals surface area (Å²) in [6.45, 7) is 16.1. The van der Waals surface area contributed by atoms with Crippen molar-refractivity contribution in [3.63, 3.8) is 0 Å². The monoisotopic (exact) mass is 355 g/mol. The maximum Gasteiger partial charge on any atom is 0.223 e. The third-order valence-corrected chi connectivity index (χ3v) is 4.81. The number of rotatable bonds is 7. The Kier molecular flexibility index (Phi) is 6.63. The SMILES string of the molecule is Cc1cc(C)c(Cn2ccnc2CN(C(=O)CC(C)C)C(C)C)c(C)c1. The molecule has 4 heteroatoms. The summed E-state index contributed by atoms with van der Waals surface area (Å²) in [5.74, 6) is 1.50. The summed E-state index contributed by atoms with van der Waals surface area (Å²) in [6, 6.07) is 4.62. The molecule has 0 N–H and O–H groups in total. The zero-order valence-electron chi connectivity index (χ0n) is 17.3. The minimum atomic E-state index is 0.161. The summed E-state index contributed by atoms with van der Waals surface area (Å²) >= 11 is 0. The number of hydrogen-bond acceptors (Lipinski definition) is 2.